The van der Waals surface area contributed by atoms with Crippen LogP contribution < -0.4 is 10.1 Å². The lowest BCUT2D eigenvalue weighted by Crippen LogP contribution is -2.21. The molecule has 2 aromatic rings. The number of rotatable bonds is 4. The number of pyridine rings is 1. The molecule has 2 heterocycles. The lowest BCUT2D eigenvalue weighted by molar-refractivity contribution is 0.143. The highest BCUT2D eigenvalue weighted by molar-refractivity contribution is 6.30. The Morgan fingerprint density at radius 1 is 1.29 bits per heavy atom. The number of aromatic nitrogens is 1. The average molecular weight is 303 g/mol. The minimum Gasteiger partial charge on any atom is -0.485 e. The van der Waals surface area contributed by atoms with Gasteiger partial charge in [-0.05, 0) is 31.5 Å². The summed E-state index contributed by atoms with van der Waals surface area (Å²) in [6.45, 7) is 3.98. The van der Waals surface area contributed by atoms with Crippen molar-refractivity contribution in [2.24, 2.45) is 5.92 Å². The van der Waals surface area contributed by atoms with E-state index in [1.165, 1.54) is 5.56 Å². The standard InChI is InChI=1S/C17H19ClN2O/c1-12-15(8-10-20-17(12)18)21-16(14-7-9-19-11-14)13-5-3-2-4-6-13/h2-6,8,10,14,16,19H,7,9,11H2,1H3/t14-,16-/m1/s1. The maximum absolute atomic E-state index is 6.33. The number of nitrogens with one attached hydrogen (secondary N) is 1. The number of ether oxygens (including phenoxy) is 1. The molecule has 1 N–H and O–H groups in total. The zero-order valence-electron chi connectivity index (χ0n) is 12.1. The van der Waals surface area contributed by atoms with Crippen LogP contribution in [0.4, 0.5) is 0 Å². The largest absolute Gasteiger partial charge is 0.485 e. The summed E-state index contributed by atoms with van der Waals surface area (Å²) in [6.07, 6.45) is 2.86. The van der Waals surface area contributed by atoms with E-state index in [0.717, 1.165) is 30.8 Å². The minimum atomic E-state index is 0.0402. The number of nitrogens with zero attached hydrogens (tertiary/aromatic N) is 1. The van der Waals surface area contributed by atoms with Gasteiger partial charge in [-0.1, -0.05) is 41.9 Å². The molecule has 21 heavy (non-hydrogen) atoms. The molecule has 0 spiro atoms. The van der Waals surface area contributed by atoms with Crippen LogP contribution in [0.5, 0.6) is 5.75 Å². The van der Waals surface area contributed by atoms with Gasteiger partial charge in [-0.3, -0.25) is 0 Å². The van der Waals surface area contributed by atoms with E-state index in [-0.39, 0.29) is 6.10 Å². The summed E-state index contributed by atoms with van der Waals surface area (Å²) in [7, 11) is 0. The second kappa shape index (κ2) is 6.46. The van der Waals surface area contributed by atoms with Gasteiger partial charge in [0.25, 0.3) is 0 Å². The molecular formula is C17H19ClN2O. The van der Waals surface area contributed by atoms with E-state index in [4.69, 9.17) is 16.3 Å². The van der Waals surface area contributed by atoms with E-state index in [9.17, 15) is 0 Å². The fraction of sp³-hybridized carbons (Fsp3) is 0.353. The Morgan fingerprint density at radius 3 is 2.81 bits per heavy atom. The van der Waals surface area contributed by atoms with E-state index in [2.05, 4.69) is 34.6 Å². The first-order chi connectivity index (χ1) is 10.3. The smallest absolute Gasteiger partial charge is 0.135 e. The molecule has 0 radical (unpaired) electrons. The molecule has 0 aliphatic carbocycles. The summed E-state index contributed by atoms with van der Waals surface area (Å²) in [5.74, 6) is 1.29. The molecule has 0 amide bonds. The van der Waals surface area contributed by atoms with Crippen molar-refractivity contribution in [2.45, 2.75) is 19.4 Å². The minimum absolute atomic E-state index is 0.0402. The van der Waals surface area contributed by atoms with E-state index in [1.807, 2.05) is 19.1 Å². The van der Waals surface area contributed by atoms with Gasteiger partial charge in [0.1, 0.15) is 17.0 Å². The first kappa shape index (κ1) is 14.4. The van der Waals surface area contributed by atoms with Crippen LogP contribution in [0.2, 0.25) is 5.15 Å². The van der Waals surface area contributed by atoms with Gasteiger partial charge in [-0.15, -0.1) is 0 Å². The van der Waals surface area contributed by atoms with Crippen molar-refractivity contribution in [2.75, 3.05) is 13.1 Å². The number of hydrogen-bond acceptors (Lipinski definition) is 3. The van der Waals surface area contributed by atoms with E-state index in [1.54, 1.807) is 6.20 Å². The molecule has 1 aliphatic heterocycles. The summed E-state index contributed by atoms with van der Waals surface area (Å²) in [4.78, 5) is 4.09. The molecule has 0 bridgehead atoms. The van der Waals surface area contributed by atoms with Crippen LogP contribution in [-0.4, -0.2) is 18.1 Å². The van der Waals surface area contributed by atoms with Crippen LogP contribution in [0.3, 0.4) is 0 Å². The van der Waals surface area contributed by atoms with Gasteiger partial charge in [0.15, 0.2) is 0 Å². The molecule has 0 saturated carbocycles. The average Bonchev–Trinajstić information content (AvgIpc) is 3.04. The molecule has 110 valence electrons. The molecule has 3 rings (SSSR count). The van der Waals surface area contributed by atoms with Gasteiger partial charge >= 0.3 is 0 Å². The molecule has 4 heteroatoms. The van der Waals surface area contributed by atoms with Crippen molar-refractivity contribution in [1.82, 2.24) is 10.3 Å². The van der Waals surface area contributed by atoms with Crippen molar-refractivity contribution >= 4 is 11.6 Å². The van der Waals surface area contributed by atoms with Crippen molar-refractivity contribution in [3.8, 4) is 5.75 Å². The van der Waals surface area contributed by atoms with Gasteiger partial charge in [0.2, 0.25) is 0 Å². The first-order valence-corrected chi connectivity index (χ1v) is 7.67. The molecule has 1 aliphatic rings. The molecule has 0 unspecified atom stereocenters. The van der Waals surface area contributed by atoms with Gasteiger partial charge in [-0.25, -0.2) is 4.98 Å². The summed E-state index contributed by atoms with van der Waals surface area (Å²) in [6, 6.07) is 12.3. The third kappa shape index (κ3) is 3.20. The number of hydrogen-bond donors (Lipinski definition) is 1. The fourth-order valence-corrected chi connectivity index (χ4v) is 2.92. The van der Waals surface area contributed by atoms with Crippen molar-refractivity contribution < 1.29 is 4.74 Å². The quantitative estimate of drug-likeness (QED) is 0.873. The lowest BCUT2D eigenvalue weighted by atomic mass is 9.94. The maximum atomic E-state index is 6.33. The Labute approximate surface area is 130 Å². The van der Waals surface area contributed by atoms with Crippen molar-refractivity contribution in [3.63, 3.8) is 0 Å². The van der Waals surface area contributed by atoms with E-state index < -0.39 is 0 Å². The predicted molar refractivity (Wildman–Crippen MR) is 84.8 cm³/mol. The lowest BCUT2D eigenvalue weighted by Gasteiger charge is -2.25. The Morgan fingerprint density at radius 2 is 2.10 bits per heavy atom. The topological polar surface area (TPSA) is 34.1 Å². The van der Waals surface area contributed by atoms with E-state index >= 15 is 0 Å². The number of benzene rings is 1. The van der Waals surface area contributed by atoms with E-state index in [0.29, 0.717) is 11.1 Å². The van der Waals surface area contributed by atoms with Crippen molar-refractivity contribution in [1.29, 1.82) is 0 Å². The Bertz CT molecular complexity index is 597. The zero-order valence-corrected chi connectivity index (χ0v) is 12.8. The highest BCUT2D eigenvalue weighted by Crippen LogP contribution is 2.34. The second-order valence-electron chi connectivity index (χ2n) is 5.43. The van der Waals surface area contributed by atoms with Crippen LogP contribution in [-0.2, 0) is 0 Å². The molecular weight excluding hydrogens is 284 g/mol. The zero-order chi connectivity index (χ0) is 14.7. The summed E-state index contributed by atoms with van der Waals surface area (Å²) < 4.78 is 6.33. The van der Waals surface area contributed by atoms with Gasteiger partial charge < -0.3 is 10.1 Å². The van der Waals surface area contributed by atoms with Gasteiger partial charge in [0.05, 0.1) is 0 Å². The third-order valence-corrected chi connectivity index (χ3v) is 4.38. The monoisotopic (exact) mass is 302 g/mol. The SMILES string of the molecule is Cc1c(O[C@H](c2ccccc2)[C@@H]2CCNC2)ccnc1Cl. The normalized spacial score (nSPS) is 19.4. The van der Waals surface area contributed by atoms with Crippen LogP contribution in [0, 0.1) is 12.8 Å². The maximum Gasteiger partial charge on any atom is 0.135 e. The highest BCUT2D eigenvalue weighted by Gasteiger charge is 2.28. The van der Waals surface area contributed by atoms with Crippen LogP contribution in [0.25, 0.3) is 0 Å². The van der Waals surface area contributed by atoms with Crippen LogP contribution in [0.15, 0.2) is 42.6 Å². The molecule has 1 aromatic heterocycles. The number of halogens is 1. The Kier molecular flexibility index (Phi) is 4.42. The molecule has 1 aromatic carbocycles. The van der Waals surface area contributed by atoms with Crippen LogP contribution in [0.1, 0.15) is 23.7 Å². The van der Waals surface area contributed by atoms with Crippen LogP contribution >= 0.6 is 11.6 Å². The Balaban J connectivity index is 1.90. The predicted octanol–water partition coefficient (Wildman–Crippen LogP) is 3.77. The molecule has 2 atom stereocenters. The second-order valence-corrected chi connectivity index (χ2v) is 5.78. The third-order valence-electron chi connectivity index (χ3n) is 4.00. The summed E-state index contributed by atoms with van der Waals surface area (Å²) in [5, 5.41) is 3.92. The van der Waals surface area contributed by atoms with Crippen molar-refractivity contribution in [3.05, 3.63) is 58.9 Å². The molecule has 1 saturated heterocycles. The fourth-order valence-electron chi connectivity index (χ4n) is 2.77. The first-order valence-electron chi connectivity index (χ1n) is 7.29. The molecule has 1 fully saturated rings. The summed E-state index contributed by atoms with van der Waals surface area (Å²) in [5.41, 5.74) is 2.10. The molecule has 3 nitrogen and oxygen atoms in total. The van der Waals surface area contributed by atoms with Gasteiger partial charge in [-0.2, -0.15) is 0 Å². The van der Waals surface area contributed by atoms with Gasteiger partial charge in [0, 0.05) is 24.2 Å². The Hall–Kier alpha value is -1.58. The summed E-state index contributed by atoms with van der Waals surface area (Å²) >= 11 is 6.10. The highest BCUT2D eigenvalue weighted by atomic mass is 35.5.